The van der Waals surface area contributed by atoms with Gasteiger partial charge in [0.05, 0.1) is 0 Å². The van der Waals surface area contributed by atoms with Gasteiger partial charge in [-0.3, -0.25) is 4.79 Å². The third-order valence-corrected chi connectivity index (χ3v) is 3.98. The van der Waals surface area contributed by atoms with Crippen LogP contribution in [0, 0.1) is 12.7 Å². The van der Waals surface area contributed by atoms with Gasteiger partial charge in [0.15, 0.2) is 0 Å². The molecule has 0 bridgehead atoms. The highest BCUT2D eigenvalue weighted by Gasteiger charge is 2.16. The highest BCUT2D eigenvalue weighted by atomic mass is 19.1. The average molecular weight is 354 g/mol. The van der Waals surface area contributed by atoms with E-state index in [0.717, 1.165) is 5.69 Å². The zero-order valence-corrected chi connectivity index (χ0v) is 14.7. The number of nitrogens with zero attached hydrogens (tertiary/aromatic N) is 2. The zero-order valence-electron chi connectivity index (χ0n) is 14.7. The lowest BCUT2D eigenvalue weighted by molar-refractivity contribution is 0.0963. The Morgan fingerprint density at radius 1 is 1.23 bits per heavy atom. The molecule has 0 fully saturated rings. The predicted molar refractivity (Wildman–Crippen MR) is 96.3 cm³/mol. The molecule has 3 aromatic rings. The summed E-state index contributed by atoms with van der Waals surface area (Å²) >= 11 is 0. The average Bonchev–Trinajstić information content (AvgIpc) is 3.14. The molecule has 1 atom stereocenters. The van der Waals surface area contributed by atoms with Gasteiger partial charge in [0.1, 0.15) is 11.9 Å². The SMILES string of the molecule is CNC(=O)c1cccc(NC(C)c2nc(-c3ccc(C)c(F)c3)no2)c1. The molecule has 0 aliphatic carbocycles. The highest BCUT2D eigenvalue weighted by molar-refractivity contribution is 5.94. The summed E-state index contributed by atoms with van der Waals surface area (Å²) in [7, 11) is 1.58. The molecule has 1 aromatic heterocycles. The van der Waals surface area contributed by atoms with Crippen LogP contribution >= 0.6 is 0 Å². The number of carbonyl (C=O) groups is 1. The van der Waals surface area contributed by atoms with Crippen LogP contribution in [0.4, 0.5) is 10.1 Å². The van der Waals surface area contributed by atoms with Crippen molar-refractivity contribution in [3.05, 3.63) is 65.3 Å². The van der Waals surface area contributed by atoms with Crippen molar-refractivity contribution in [1.82, 2.24) is 15.5 Å². The first-order valence-electron chi connectivity index (χ1n) is 8.16. The van der Waals surface area contributed by atoms with Gasteiger partial charge in [-0.15, -0.1) is 0 Å². The van der Waals surface area contributed by atoms with Crippen molar-refractivity contribution in [2.24, 2.45) is 0 Å². The molecule has 0 saturated carbocycles. The van der Waals surface area contributed by atoms with E-state index < -0.39 is 0 Å². The number of aromatic nitrogens is 2. The van der Waals surface area contributed by atoms with E-state index in [2.05, 4.69) is 20.8 Å². The number of amides is 1. The summed E-state index contributed by atoms with van der Waals surface area (Å²) in [6.45, 7) is 3.55. The fourth-order valence-corrected chi connectivity index (χ4v) is 2.47. The van der Waals surface area contributed by atoms with Gasteiger partial charge in [0.25, 0.3) is 5.91 Å². The Kier molecular flexibility index (Phi) is 4.97. The Hall–Kier alpha value is -3.22. The molecular weight excluding hydrogens is 335 g/mol. The maximum absolute atomic E-state index is 13.7. The Morgan fingerprint density at radius 3 is 2.77 bits per heavy atom. The second kappa shape index (κ2) is 7.35. The molecule has 0 saturated heterocycles. The van der Waals surface area contributed by atoms with Gasteiger partial charge in [-0.25, -0.2) is 4.39 Å². The fraction of sp³-hybridized carbons (Fsp3) is 0.211. The van der Waals surface area contributed by atoms with Crippen molar-refractivity contribution in [3.63, 3.8) is 0 Å². The van der Waals surface area contributed by atoms with Crippen LogP contribution in [0.1, 0.15) is 34.8 Å². The van der Waals surface area contributed by atoms with Crippen LogP contribution in [0.25, 0.3) is 11.4 Å². The number of nitrogens with one attached hydrogen (secondary N) is 2. The minimum Gasteiger partial charge on any atom is -0.374 e. The third kappa shape index (κ3) is 3.72. The highest BCUT2D eigenvalue weighted by Crippen LogP contribution is 2.23. The van der Waals surface area contributed by atoms with Gasteiger partial charge in [-0.05, 0) is 43.7 Å². The van der Waals surface area contributed by atoms with Gasteiger partial charge in [-0.2, -0.15) is 4.98 Å². The van der Waals surface area contributed by atoms with Crippen LogP contribution in [-0.4, -0.2) is 23.1 Å². The van der Waals surface area contributed by atoms with Gasteiger partial charge >= 0.3 is 0 Å². The molecule has 2 N–H and O–H groups in total. The number of aryl methyl sites for hydroxylation is 1. The number of rotatable bonds is 5. The van der Waals surface area contributed by atoms with E-state index in [1.807, 2.05) is 13.0 Å². The molecule has 1 heterocycles. The summed E-state index contributed by atoms with van der Waals surface area (Å²) in [5.41, 5.74) is 2.41. The minimum atomic E-state index is -0.314. The van der Waals surface area contributed by atoms with E-state index >= 15 is 0 Å². The Balaban J connectivity index is 1.77. The lowest BCUT2D eigenvalue weighted by Crippen LogP contribution is -2.18. The number of hydrogen-bond donors (Lipinski definition) is 2. The first-order chi connectivity index (χ1) is 12.5. The van der Waals surface area contributed by atoms with Crippen LogP contribution < -0.4 is 10.6 Å². The molecule has 1 unspecified atom stereocenters. The topological polar surface area (TPSA) is 80.0 Å². The normalized spacial score (nSPS) is 11.8. The van der Waals surface area contributed by atoms with E-state index in [4.69, 9.17) is 4.52 Å². The molecule has 6 nitrogen and oxygen atoms in total. The minimum absolute atomic E-state index is 0.164. The molecule has 3 rings (SSSR count). The van der Waals surface area contributed by atoms with E-state index in [9.17, 15) is 9.18 Å². The second-order valence-corrected chi connectivity index (χ2v) is 5.95. The number of benzene rings is 2. The summed E-state index contributed by atoms with van der Waals surface area (Å²) in [6, 6.07) is 11.6. The molecule has 0 radical (unpaired) electrons. The number of anilines is 1. The maximum Gasteiger partial charge on any atom is 0.251 e. The summed E-state index contributed by atoms with van der Waals surface area (Å²) < 4.78 is 19.0. The molecule has 0 spiro atoms. The van der Waals surface area contributed by atoms with Crippen molar-refractivity contribution in [1.29, 1.82) is 0 Å². The second-order valence-electron chi connectivity index (χ2n) is 5.95. The van der Waals surface area contributed by atoms with Gasteiger partial charge in [0.2, 0.25) is 11.7 Å². The largest absolute Gasteiger partial charge is 0.374 e. The molecule has 26 heavy (non-hydrogen) atoms. The first-order valence-corrected chi connectivity index (χ1v) is 8.16. The van der Waals surface area contributed by atoms with Crippen molar-refractivity contribution >= 4 is 11.6 Å². The first kappa shape index (κ1) is 17.6. The molecular formula is C19H19FN4O2. The predicted octanol–water partition coefficient (Wildman–Crippen LogP) is 3.72. The number of carbonyl (C=O) groups excluding carboxylic acids is 1. The molecule has 2 aromatic carbocycles. The van der Waals surface area contributed by atoms with Crippen molar-refractivity contribution in [2.45, 2.75) is 19.9 Å². The van der Waals surface area contributed by atoms with Crippen LogP contribution in [-0.2, 0) is 0 Å². The van der Waals surface area contributed by atoms with E-state index in [1.165, 1.54) is 6.07 Å². The maximum atomic E-state index is 13.7. The number of hydrogen-bond acceptors (Lipinski definition) is 5. The summed E-state index contributed by atoms with van der Waals surface area (Å²) in [6.07, 6.45) is 0. The molecule has 0 aliphatic rings. The quantitative estimate of drug-likeness (QED) is 0.730. The smallest absolute Gasteiger partial charge is 0.251 e. The Morgan fingerprint density at radius 2 is 2.04 bits per heavy atom. The van der Waals surface area contributed by atoms with Gasteiger partial charge in [-0.1, -0.05) is 23.4 Å². The molecule has 7 heteroatoms. The standard InChI is InChI=1S/C19H19FN4O2/c1-11-7-8-13(10-16(11)20)17-23-19(26-24-17)12(2)22-15-6-4-5-14(9-15)18(25)21-3/h4-10,12,22H,1-3H3,(H,21,25). The van der Waals surface area contributed by atoms with Crippen LogP contribution in [0.2, 0.25) is 0 Å². The summed E-state index contributed by atoms with van der Waals surface area (Å²) in [5.74, 6) is 0.215. The Bertz CT molecular complexity index is 939. The van der Waals surface area contributed by atoms with E-state index in [0.29, 0.717) is 28.4 Å². The van der Waals surface area contributed by atoms with E-state index in [-0.39, 0.29) is 17.8 Å². The van der Waals surface area contributed by atoms with Gasteiger partial charge in [0, 0.05) is 23.9 Å². The Labute approximate surface area is 150 Å². The zero-order chi connectivity index (χ0) is 18.7. The summed E-state index contributed by atoms with van der Waals surface area (Å²) in [4.78, 5) is 16.1. The van der Waals surface area contributed by atoms with E-state index in [1.54, 1.807) is 44.3 Å². The lowest BCUT2D eigenvalue weighted by atomic mass is 10.1. The van der Waals surface area contributed by atoms with Crippen LogP contribution in [0.15, 0.2) is 47.0 Å². The summed E-state index contributed by atoms with van der Waals surface area (Å²) in [5, 5.41) is 9.72. The van der Waals surface area contributed by atoms with Crippen molar-refractivity contribution in [2.75, 3.05) is 12.4 Å². The fourth-order valence-electron chi connectivity index (χ4n) is 2.47. The third-order valence-electron chi connectivity index (χ3n) is 3.98. The van der Waals surface area contributed by atoms with Gasteiger partial charge < -0.3 is 15.2 Å². The molecule has 0 aliphatic heterocycles. The molecule has 134 valence electrons. The van der Waals surface area contributed by atoms with Crippen LogP contribution in [0.5, 0.6) is 0 Å². The van der Waals surface area contributed by atoms with Crippen LogP contribution in [0.3, 0.4) is 0 Å². The molecule has 1 amide bonds. The monoisotopic (exact) mass is 354 g/mol. The van der Waals surface area contributed by atoms with Crippen molar-refractivity contribution < 1.29 is 13.7 Å². The van der Waals surface area contributed by atoms with Crippen molar-refractivity contribution in [3.8, 4) is 11.4 Å². The number of halogens is 1. The lowest BCUT2D eigenvalue weighted by Gasteiger charge is -2.12.